The SMILES string of the molecule is COCc1nc2ccccc2n1CCCOc1ccccc1.Cl. The lowest BCUT2D eigenvalue weighted by Gasteiger charge is -2.10. The Morgan fingerprint density at radius 3 is 2.52 bits per heavy atom. The van der Waals surface area contributed by atoms with Crippen LogP contribution < -0.4 is 4.74 Å². The van der Waals surface area contributed by atoms with E-state index < -0.39 is 0 Å². The zero-order chi connectivity index (χ0) is 15.2. The van der Waals surface area contributed by atoms with Gasteiger partial charge in [-0.05, 0) is 30.7 Å². The van der Waals surface area contributed by atoms with Gasteiger partial charge in [0, 0.05) is 13.7 Å². The monoisotopic (exact) mass is 332 g/mol. The van der Waals surface area contributed by atoms with Gasteiger partial charge in [-0.1, -0.05) is 30.3 Å². The van der Waals surface area contributed by atoms with E-state index in [-0.39, 0.29) is 12.4 Å². The van der Waals surface area contributed by atoms with Gasteiger partial charge in [-0.2, -0.15) is 0 Å². The van der Waals surface area contributed by atoms with Crippen LogP contribution in [0.1, 0.15) is 12.2 Å². The lowest BCUT2D eigenvalue weighted by molar-refractivity contribution is 0.174. The predicted molar refractivity (Wildman–Crippen MR) is 94.2 cm³/mol. The van der Waals surface area contributed by atoms with Crippen LogP contribution in [-0.4, -0.2) is 23.3 Å². The minimum atomic E-state index is 0. The highest BCUT2D eigenvalue weighted by Crippen LogP contribution is 2.17. The van der Waals surface area contributed by atoms with E-state index in [1.54, 1.807) is 7.11 Å². The average molecular weight is 333 g/mol. The molecule has 1 heterocycles. The number of nitrogens with zero attached hydrogens (tertiary/aromatic N) is 2. The van der Waals surface area contributed by atoms with Crippen LogP contribution in [0, 0.1) is 0 Å². The van der Waals surface area contributed by atoms with E-state index in [1.165, 1.54) is 0 Å². The first-order valence-corrected chi connectivity index (χ1v) is 7.49. The van der Waals surface area contributed by atoms with E-state index in [9.17, 15) is 0 Å². The van der Waals surface area contributed by atoms with Crippen molar-refractivity contribution in [3.63, 3.8) is 0 Å². The van der Waals surface area contributed by atoms with Gasteiger partial charge in [-0.25, -0.2) is 4.98 Å². The molecule has 0 saturated carbocycles. The molecule has 2 aromatic carbocycles. The van der Waals surface area contributed by atoms with Gasteiger partial charge in [0.05, 0.1) is 17.6 Å². The third-order valence-electron chi connectivity index (χ3n) is 3.55. The third kappa shape index (κ3) is 4.24. The standard InChI is InChI=1S/C18H20N2O2.ClH/c1-21-14-18-19-16-10-5-6-11-17(16)20(18)12-7-13-22-15-8-3-2-4-9-15;/h2-6,8-11H,7,12-14H2,1H3;1H. The van der Waals surface area contributed by atoms with Crippen molar-refractivity contribution in [2.75, 3.05) is 13.7 Å². The van der Waals surface area contributed by atoms with Crippen molar-refractivity contribution < 1.29 is 9.47 Å². The summed E-state index contributed by atoms with van der Waals surface area (Å²) in [6, 6.07) is 18.1. The number of benzene rings is 2. The summed E-state index contributed by atoms with van der Waals surface area (Å²) in [4.78, 5) is 4.64. The third-order valence-corrected chi connectivity index (χ3v) is 3.55. The molecule has 0 aliphatic heterocycles. The molecular weight excluding hydrogens is 312 g/mol. The van der Waals surface area contributed by atoms with Crippen LogP contribution in [0.15, 0.2) is 54.6 Å². The second-order valence-corrected chi connectivity index (χ2v) is 5.12. The smallest absolute Gasteiger partial charge is 0.135 e. The van der Waals surface area contributed by atoms with Crippen molar-refractivity contribution >= 4 is 23.4 Å². The number of methoxy groups -OCH3 is 1. The van der Waals surface area contributed by atoms with E-state index in [1.807, 2.05) is 48.5 Å². The number of aryl methyl sites for hydroxylation is 1. The topological polar surface area (TPSA) is 36.3 Å². The van der Waals surface area contributed by atoms with Gasteiger partial charge >= 0.3 is 0 Å². The summed E-state index contributed by atoms with van der Waals surface area (Å²) in [7, 11) is 1.70. The Balaban J connectivity index is 0.00000192. The lowest BCUT2D eigenvalue weighted by Crippen LogP contribution is -2.08. The Morgan fingerprint density at radius 1 is 1.00 bits per heavy atom. The Labute approximate surface area is 142 Å². The maximum Gasteiger partial charge on any atom is 0.135 e. The molecule has 0 bridgehead atoms. The quantitative estimate of drug-likeness (QED) is 0.612. The lowest BCUT2D eigenvalue weighted by atomic mass is 10.3. The van der Waals surface area contributed by atoms with Crippen LogP contribution in [0.5, 0.6) is 5.75 Å². The molecule has 0 radical (unpaired) electrons. The summed E-state index contributed by atoms with van der Waals surface area (Å²) >= 11 is 0. The molecule has 0 fully saturated rings. The minimum Gasteiger partial charge on any atom is -0.494 e. The molecule has 122 valence electrons. The van der Waals surface area contributed by atoms with Crippen molar-refractivity contribution in [2.24, 2.45) is 0 Å². The van der Waals surface area contributed by atoms with Crippen LogP contribution in [0.3, 0.4) is 0 Å². The number of fused-ring (bicyclic) bond motifs is 1. The van der Waals surface area contributed by atoms with Gasteiger partial charge in [0.25, 0.3) is 0 Å². The Morgan fingerprint density at radius 2 is 1.74 bits per heavy atom. The van der Waals surface area contributed by atoms with Crippen molar-refractivity contribution in [1.29, 1.82) is 0 Å². The van der Waals surface area contributed by atoms with E-state index in [0.29, 0.717) is 13.2 Å². The van der Waals surface area contributed by atoms with Gasteiger partial charge in [0.1, 0.15) is 18.2 Å². The molecule has 0 saturated heterocycles. The summed E-state index contributed by atoms with van der Waals surface area (Å²) in [6.45, 7) is 2.07. The molecular formula is C18H21ClN2O2. The van der Waals surface area contributed by atoms with Gasteiger partial charge < -0.3 is 14.0 Å². The van der Waals surface area contributed by atoms with Crippen LogP contribution in [-0.2, 0) is 17.9 Å². The average Bonchev–Trinajstić information content (AvgIpc) is 2.90. The second-order valence-electron chi connectivity index (χ2n) is 5.12. The fraction of sp³-hybridized carbons (Fsp3) is 0.278. The molecule has 0 spiro atoms. The van der Waals surface area contributed by atoms with E-state index in [4.69, 9.17) is 9.47 Å². The zero-order valence-corrected chi connectivity index (χ0v) is 14.0. The summed E-state index contributed by atoms with van der Waals surface area (Å²) in [5, 5.41) is 0. The molecule has 0 atom stereocenters. The maximum atomic E-state index is 5.75. The highest BCUT2D eigenvalue weighted by Gasteiger charge is 2.09. The Kier molecular flexibility index (Phi) is 6.44. The van der Waals surface area contributed by atoms with Crippen molar-refractivity contribution in [3.05, 3.63) is 60.4 Å². The highest BCUT2D eigenvalue weighted by molar-refractivity contribution is 5.85. The van der Waals surface area contributed by atoms with Crippen molar-refractivity contribution in [1.82, 2.24) is 9.55 Å². The molecule has 5 heteroatoms. The van der Waals surface area contributed by atoms with Gasteiger partial charge in [0.2, 0.25) is 0 Å². The van der Waals surface area contributed by atoms with Crippen LogP contribution >= 0.6 is 12.4 Å². The zero-order valence-electron chi connectivity index (χ0n) is 13.1. The molecule has 0 amide bonds. The number of imidazole rings is 1. The molecule has 0 aliphatic carbocycles. The first kappa shape index (κ1) is 17.3. The van der Waals surface area contributed by atoms with Gasteiger partial charge in [-0.15, -0.1) is 12.4 Å². The molecule has 4 nitrogen and oxygen atoms in total. The summed E-state index contributed by atoms with van der Waals surface area (Å²) in [5.41, 5.74) is 2.16. The largest absolute Gasteiger partial charge is 0.494 e. The fourth-order valence-electron chi connectivity index (χ4n) is 2.54. The van der Waals surface area contributed by atoms with E-state index >= 15 is 0 Å². The van der Waals surface area contributed by atoms with Gasteiger partial charge in [-0.3, -0.25) is 0 Å². The predicted octanol–water partition coefficient (Wildman–Crippen LogP) is 4.07. The van der Waals surface area contributed by atoms with Crippen molar-refractivity contribution in [3.8, 4) is 5.75 Å². The summed E-state index contributed by atoms with van der Waals surface area (Å²) in [5.74, 6) is 1.87. The Bertz CT molecular complexity index is 728. The maximum absolute atomic E-state index is 5.75. The molecule has 3 rings (SSSR count). The van der Waals surface area contributed by atoms with Crippen LogP contribution in [0.4, 0.5) is 0 Å². The normalized spacial score (nSPS) is 10.5. The number of rotatable bonds is 7. The first-order chi connectivity index (χ1) is 10.9. The van der Waals surface area contributed by atoms with Gasteiger partial charge in [0.15, 0.2) is 0 Å². The minimum absolute atomic E-state index is 0. The number of aromatic nitrogens is 2. The fourth-order valence-corrected chi connectivity index (χ4v) is 2.54. The summed E-state index contributed by atoms with van der Waals surface area (Å²) in [6.07, 6.45) is 0.923. The van der Waals surface area contributed by atoms with E-state index in [0.717, 1.165) is 35.6 Å². The number of hydrogen-bond donors (Lipinski definition) is 0. The molecule has 23 heavy (non-hydrogen) atoms. The molecule has 0 aliphatic rings. The number of ether oxygens (including phenoxy) is 2. The Hall–Kier alpha value is -2.04. The summed E-state index contributed by atoms with van der Waals surface area (Å²) < 4.78 is 13.2. The van der Waals surface area contributed by atoms with Crippen LogP contribution in [0.2, 0.25) is 0 Å². The number of para-hydroxylation sites is 3. The molecule has 0 N–H and O–H groups in total. The number of hydrogen-bond acceptors (Lipinski definition) is 3. The van der Waals surface area contributed by atoms with Crippen LogP contribution in [0.25, 0.3) is 11.0 Å². The second kappa shape index (κ2) is 8.56. The molecule has 1 aromatic heterocycles. The highest BCUT2D eigenvalue weighted by atomic mass is 35.5. The number of halogens is 1. The van der Waals surface area contributed by atoms with Crippen molar-refractivity contribution in [2.45, 2.75) is 19.6 Å². The molecule has 0 unspecified atom stereocenters. The van der Waals surface area contributed by atoms with E-state index in [2.05, 4.69) is 15.6 Å². The molecule has 3 aromatic rings. The first-order valence-electron chi connectivity index (χ1n) is 7.49.